The van der Waals surface area contributed by atoms with E-state index in [2.05, 4.69) is 5.32 Å². The molecule has 1 unspecified atom stereocenters. The van der Waals surface area contributed by atoms with Gasteiger partial charge in [-0.1, -0.05) is 6.92 Å². The van der Waals surface area contributed by atoms with E-state index in [0.717, 1.165) is 16.5 Å². The van der Waals surface area contributed by atoms with Gasteiger partial charge in [-0.25, -0.2) is 14.6 Å². The standard InChI is InChI=1S/C30H34N4O8/c1-7-30(41-24(36)12-31-28(39)42-29(2,3)4)20-11-22-25-16(13-34(22)26(37)19(20)15-40-27(30)38)10-17-18(14-33(5)6)23(35)9-8-21(17)32-25/h8-11,35H,7,12-15H2,1-6H3,(H,31,39). The highest BCUT2D eigenvalue weighted by Gasteiger charge is 2.50. The van der Waals surface area contributed by atoms with Crippen LogP contribution in [0.25, 0.3) is 22.3 Å². The van der Waals surface area contributed by atoms with Crippen molar-refractivity contribution in [3.8, 4) is 17.1 Å². The molecule has 0 radical (unpaired) electrons. The Bertz CT molecular complexity index is 1690. The van der Waals surface area contributed by atoms with Crippen LogP contribution < -0.4 is 10.9 Å². The first-order valence-corrected chi connectivity index (χ1v) is 13.7. The molecular weight excluding hydrogens is 544 g/mol. The summed E-state index contributed by atoms with van der Waals surface area (Å²) in [4.78, 5) is 58.7. The maximum atomic E-state index is 13.8. The quantitative estimate of drug-likeness (QED) is 0.258. The van der Waals surface area contributed by atoms with Crippen molar-refractivity contribution in [3.63, 3.8) is 0 Å². The van der Waals surface area contributed by atoms with Crippen LogP contribution in [-0.2, 0) is 49.1 Å². The van der Waals surface area contributed by atoms with Gasteiger partial charge in [-0.05, 0) is 65.6 Å². The summed E-state index contributed by atoms with van der Waals surface area (Å²) < 4.78 is 17.8. The van der Waals surface area contributed by atoms with E-state index in [0.29, 0.717) is 23.4 Å². The summed E-state index contributed by atoms with van der Waals surface area (Å²) in [7, 11) is 3.81. The van der Waals surface area contributed by atoms with Gasteiger partial charge in [0.15, 0.2) is 0 Å². The molecule has 0 saturated carbocycles. The summed E-state index contributed by atoms with van der Waals surface area (Å²) in [6.45, 7) is 6.62. The van der Waals surface area contributed by atoms with Crippen LogP contribution in [0.5, 0.6) is 5.75 Å². The van der Waals surface area contributed by atoms with Gasteiger partial charge in [0.05, 0.1) is 29.0 Å². The highest BCUT2D eigenvalue weighted by Crippen LogP contribution is 2.41. The topological polar surface area (TPSA) is 149 Å². The summed E-state index contributed by atoms with van der Waals surface area (Å²) in [5.74, 6) is -1.54. The minimum Gasteiger partial charge on any atom is -0.508 e. The van der Waals surface area contributed by atoms with E-state index in [-0.39, 0.29) is 42.0 Å². The average Bonchev–Trinajstić information content (AvgIpc) is 3.27. The normalized spacial score (nSPS) is 17.4. The van der Waals surface area contributed by atoms with Crippen molar-refractivity contribution in [3.05, 3.63) is 56.9 Å². The molecule has 0 fully saturated rings. The van der Waals surface area contributed by atoms with Crippen molar-refractivity contribution in [1.82, 2.24) is 19.8 Å². The molecule has 0 bridgehead atoms. The largest absolute Gasteiger partial charge is 0.508 e. The van der Waals surface area contributed by atoms with Crippen LogP contribution in [0.2, 0.25) is 0 Å². The second-order valence-corrected chi connectivity index (χ2v) is 11.8. The Balaban J connectivity index is 1.55. The molecule has 4 heterocycles. The number of benzene rings is 1. The van der Waals surface area contributed by atoms with Crippen LogP contribution in [0, 0.1) is 0 Å². The van der Waals surface area contributed by atoms with E-state index in [1.807, 2.05) is 25.1 Å². The number of carbonyl (C=O) groups excluding carboxylic acids is 3. The van der Waals surface area contributed by atoms with Gasteiger partial charge >= 0.3 is 18.0 Å². The van der Waals surface area contributed by atoms with Crippen molar-refractivity contribution < 1.29 is 33.7 Å². The number of ether oxygens (including phenoxy) is 3. The Morgan fingerprint density at radius 3 is 2.62 bits per heavy atom. The predicted octanol–water partition coefficient (Wildman–Crippen LogP) is 2.92. The van der Waals surface area contributed by atoms with Crippen LogP contribution in [0.1, 0.15) is 56.4 Å². The van der Waals surface area contributed by atoms with Gasteiger partial charge in [0.25, 0.3) is 5.56 Å². The van der Waals surface area contributed by atoms with Gasteiger partial charge < -0.3 is 34.1 Å². The van der Waals surface area contributed by atoms with Crippen LogP contribution in [-0.4, -0.2) is 63.8 Å². The summed E-state index contributed by atoms with van der Waals surface area (Å²) in [5, 5.41) is 13.6. The van der Waals surface area contributed by atoms with Crippen molar-refractivity contribution in [2.24, 2.45) is 0 Å². The first-order valence-electron chi connectivity index (χ1n) is 13.7. The third-order valence-electron chi connectivity index (χ3n) is 7.28. The Morgan fingerprint density at radius 1 is 1.21 bits per heavy atom. The van der Waals surface area contributed by atoms with Crippen molar-refractivity contribution in [2.75, 3.05) is 20.6 Å². The van der Waals surface area contributed by atoms with Gasteiger partial charge in [0, 0.05) is 28.6 Å². The maximum absolute atomic E-state index is 13.8. The average molecular weight is 579 g/mol. The number of esters is 2. The molecule has 2 aromatic heterocycles. The van der Waals surface area contributed by atoms with Gasteiger partial charge in [0.2, 0.25) is 5.60 Å². The number of amides is 1. The minimum absolute atomic E-state index is 0.00885. The first-order chi connectivity index (χ1) is 19.7. The van der Waals surface area contributed by atoms with Gasteiger partial charge in [0.1, 0.15) is 24.5 Å². The zero-order valence-electron chi connectivity index (χ0n) is 24.5. The van der Waals surface area contributed by atoms with E-state index in [1.54, 1.807) is 50.5 Å². The number of phenolic OH excluding ortho intramolecular Hbond substituents is 1. The molecule has 2 aliphatic heterocycles. The molecule has 222 valence electrons. The molecule has 3 aromatic rings. The Morgan fingerprint density at radius 2 is 1.95 bits per heavy atom. The number of hydrogen-bond donors (Lipinski definition) is 2. The number of rotatable bonds is 6. The van der Waals surface area contributed by atoms with E-state index in [1.165, 1.54) is 0 Å². The van der Waals surface area contributed by atoms with Gasteiger partial charge in [-0.2, -0.15) is 0 Å². The number of hydrogen-bond acceptors (Lipinski definition) is 10. The molecule has 12 heteroatoms. The molecule has 0 saturated heterocycles. The lowest BCUT2D eigenvalue weighted by Gasteiger charge is -2.35. The number of fused-ring (bicyclic) bond motifs is 5. The summed E-state index contributed by atoms with van der Waals surface area (Å²) in [5.41, 5.74) is 0.590. The number of aromatic hydroxyl groups is 1. The number of phenols is 1. The third kappa shape index (κ3) is 5.06. The predicted molar refractivity (Wildman–Crippen MR) is 152 cm³/mol. The number of nitrogens with zero attached hydrogens (tertiary/aromatic N) is 3. The second kappa shape index (κ2) is 10.4. The number of carbonyl (C=O) groups is 3. The van der Waals surface area contributed by atoms with E-state index in [9.17, 15) is 24.3 Å². The van der Waals surface area contributed by atoms with Crippen molar-refractivity contribution in [1.29, 1.82) is 0 Å². The smallest absolute Gasteiger partial charge is 0.408 e. The third-order valence-corrected chi connectivity index (χ3v) is 7.28. The lowest BCUT2D eigenvalue weighted by Crippen LogP contribution is -2.49. The zero-order chi connectivity index (χ0) is 30.6. The van der Waals surface area contributed by atoms with Crippen LogP contribution in [0.15, 0.2) is 29.1 Å². The van der Waals surface area contributed by atoms with Gasteiger partial charge in [-0.15, -0.1) is 0 Å². The summed E-state index contributed by atoms with van der Waals surface area (Å²) in [6.07, 6.45) is -0.824. The lowest BCUT2D eigenvalue weighted by atomic mass is 9.85. The van der Waals surface area contributed by atoms with Crippen LogP contribution >= 0.6 is 0 Å². The summed E-state index contributed by atoms with van der Waals surface area (Å²) >= 11 is 0. The fraction of sp³-hybridized carbons (Fsp3) is 0.433. The molecule has 0 spiro atoms. The highest BCUT2D eigenvalue weighted by atomic mass is 16.6. The van der Waals surface area contributed by atoms with E-state index in [4.69, 9.17) is 19.2 Å². The molecule has 1 aromatic carbocycles. The number of pyridine rings is 2. The minimum atomic E-state index is -1.89. The first kappa shape index (κ1) is 29.1. The molecule has 0 aliphatic carbocycles. The number of aromatic nitrogens is 2. The maximum Gasteiger partial charge on any atom is 0.408 e. The molecule has 1 atom stereocenters. The SMILES string of the molecule is CCC1(OC(=O)CNC(=O)OC(C)(C)C)C(=O)OCc2c1cc1n(c2=O)Cc2cc3c(CN(C)C)c(O)ccc3nc2-1. The zero-order valence-corrected chi connectivity index (χ0v) is 24.5. The highest BCUT2D eigenvalue weighted by molar-refractivity contribution is 5.90. The molecule has 2 aliphatic rings. The molecule has 12 nitrogen and oxygen atoms in total. The van der Waals surface area contributed by atoms with E-state index < -0.39 is 35.8 Å². The van der Waals surface area contributed by atoms with Crippen molar-refractivity contribution >= 4 is 28.9 Å². The number of alkyl carbamates (subject to hydrolysis) is 1. The monoisotopic (exact) mass is 578 g/mol. The molecule has 5 rings (SSSR count). The number of nitrogens with one attached hydrogen (secondary N) is 1. The van der Waals surface area contributed by atoms with E-state index >= 15 is 0 Å². The molecular formula is C30H34N4O8. The molecule has 1 amide bonds. The van der Waals surface area contributed by atoms with Gasteiger partial charge in [-0.3, -0.25) is 9.59 Å². The molecule has 2 N–H and O–H groups in total. The Labute approximate surface area is 242 Å². The summed E-state index contributed by atoms with van der Waals surface area (Å²) in [6, 6.07) is 6.91. The molecule has 42 heavy (non-hydrogen) atoms. The van der Waals surface area contributed by atoms with Crippen molar-refractivity contribution in [2.45, 2.75) is 65.0 Å². The fourth-order valence-electron chi connectivity index (χ4n) is 5.43. The number of cyclic esters (lactones) is 1. The second-order valence-electron chi connectivity index (χ2n) is 11.8. The Kier molecular flexibility index (Phi) is 7.22. The lowest BCUT2D eigenvalue weighted by molar-refractivity contribution is -0.188. The Hall–Kier alpha value is -4.45. The van der Waals surface area contributed by atoms with Crippen LogP contribution in [0.4, 0.5) is 4.79 Å². The fourth-order valence-corrected chi connectivity index (χ4v) is 5.43. The van der Waals surface area contributed by atoms with Crippen LogP contribution in [0.3, 0.4) is 0 Å².